The first-order valence-electron chi connectivity index (χ1n) is 7.11. The highest BCUT2D eigenvalue weighted by atomic mass is 16.3. The van der Waals surface area contributed by atoms with E-state index in [1.165, 1.54) is 0 Å². The topological polar surface area (TPSA) is 40.5 Å². The molecule has 0 atom stereocenters. The van der Waals surface area contributed by atoms with Gasteiger partial charge in [0.05, 0.1) is 13.0 Å². The fourth-order valence-electron chi connectivity index (χ4n) is 2.47. The maximum Gasteiger partial charge on any atom is 0.227 e. The van der Waals surface area contributed by atoms with Gasteiger partial charge in [-0.1, -0.05) is 49.4 Å². The van der Waals surface area contributed by atoms with Crippen molar-refractivity contribution >= 4 is 16.7 Å². The number of rotatable bonds is 6. The molecule has 0 spiro atoms. The van der Waals surface area contributed by atoms with Gasteiger partial charge in [0.2, 0.25) is 5.91 Å². The number of nitrogens with zero attached hydrogens (tertiary/aromatic N) is 1. The van der Waals surface area contributed by atoms with Gasteiger partial charge in [-0.2, -0.15) is 0 Å². The average Bonchev–Trinajstić information content (AvgIpc) is 2.47. The van der Waals surface area contributed by atoms with Crippen molar-refractivity contribution in [2.75, 3.05) is 19.7 Å². The predicted molar refractivity (Wildman–Crippen MR) is 81.6 cm³/mol. The van der Waals surface area contributed by atoms with Gasteiger partial charge in [-0.3, -0.25) is 4.79 Å². The van der Waals surface area contributed by atoms with Crippen LogP contribution in [-0.2, 0) is 11.2 Å². The molecule has 0 saturated heterocycles. The Labute approximate surface area is 119 Å². The Hall–Kier alpha value is -1.87. The fraction of sp³-hybridized carbons (Fsp3) is 0.353. The molecule has 0 aliphatic carbocycles. The molecule has 0 bridgehead atoms. The van der Waals surface area contributed by atoms with Crippen molar-refractivity contribution in [3.63, 3.8) is 0 Å². The van der Waals surface area contributed by atoms with Crippen molar-refractivity contribution in [1.82, 2.24) is 4.90 Å². The molecule has 1 amide bonds. The Bertz CT molecular complexity index is 569. The van der Waals surface area contributed by atoms with E-state index in [-0.39, 0.29) is 12.5 Å². The number of hydrogen-bond acceptors (Lipinski definition) is 2. The summed E-state index contributed by atoms with van der Waals surface area (Å²) >= 11 is 0. The Morgan fingerprint density at radius 1 is 1.10 bits per heavy atom. The zero-order chi connectivity index (χ0) is 14.4. The lowest BCUT2D eigenvalue weighted by Gasteiger charge is -2.21. The van der Waals surface area contributed by atoms with Gasteiger partial charge in [-0.05, 0) is 22.8 Å². The lowest BCUT2D eigenvalue weighted by Crippen LogP contribution is -2.35. The van der Waals surface area contributed by atoms with Crippen LogP contribution in [0.25, 0.3) is 10.8 Å². The van der Waals surface area contributed by atoms with Crippen LogP contribution in [0.2, 0.25) is 0 Å². The highest BCUT2D eigenvalue weighted by Gasteiger charge is 2.13. The molecule has 3 nitrogen and oxygen atoms in total. The molecule has 3 heteroatoms. The van der Waals surface area contributed by atoms with Gasteiger partial charge in [0.25, 0.3) is 0 Å². The quantitative estimate of drug-likeness (QED) is 0.877. The fourth-order valence-corrected chi connectivity index (χ4v) is 2.47. The van der Waals surface area contributed by atoms with Crippen molar-refractivity contribution in [3.05, 3.63) is 48.0 Å². The lowest BCUT2D eigenvalue weighted by molar-refractivity contribution is -0.131. The van der Waals surface area contributed by atoms with Crippen LogP contribution >= 0.6 is 0 Å². The summed E-state index contributed by atoms with van der Waals surface area (Å²) in [6.45, 7) is 3.17. The van der Waals surface area contributed by atoms with Gasteiger partial charge in [-0.25, -0.2) is 0 Å². The van der Waals surface area contributed by atoms with Crippen molar-refractivity contribution in [1.29, 1.82) is 0 Å². The summed E-state index contributed by atoms with van der Waals surface area (Å²) in [6.07, 6.45) is 1.29. The molecule has 0 aromatic heterocycles. The second kappa shape index (κ2) is 7.06. The third-order valence-corrected chi connectivity index (χ3v) is 3.44. The summed E-state index contributed by atoms with van der Waals surface area (Å²) in [6, 6.07) is 14.2. The largest absolute Gasteiger partial charge is 0.395 e. The predicted octanol–water partition coefficient (Wildman–Crippen LogP) is 2.61. The SMILES string of the molecule is CCCN(CCO)C(=O)Cc1cccc2ccccc12. The third-order valence-electron chi connectivity index (χ3n) is 3.44. The molecule has 2 aromatic carbocycles. The number of carbonyl (C=O) groups excluding carboxylic acids is 1. The third kappa shape index (κ3) is 3.36. The number of amides is 1. The molecular weight excluding hydrogens is 250 g/mol. The number of aliphatic hydroxyl groups excluding tert-OH is 1. The van der Waals surface area contributed by atoms with Crippen LogP contribution in [0.1, 0.15) is 18.9 Å². The Morgan fingerprint density at radius 3 is 2.60 bits per heavy atom. The summed E-state index contributed by atoms with van der Waals surface area (Å²) in [5, 5.41) is 11.3. The molecule has 106 valence electrons. The molecule has 0 unspecified atom stereocenters. The minimum Gasteiger partial charge on any atom is -0.395 e. The van der Waals surface area contributed by atoms with E-state index in [0.29, 0.717) is 19.5 Å². The average molecular weight is 271 g/mol. The van der Waals surface area contributed by atoms with Crippen molar-refractivity contribution in [2.24, 2.45) is 0 Å². The number of hydrogen-bond donors (Lipinski definition) is 1. The van der Waals surface area contributed by atoms with Crippen LogP contribution in [0.15, 0.2) is 42.5 Å². The first-order valence-corrected chi connectivity index (χ1v) is 7.11. The first kappa shape index (κ1) is 14.5. The minimum atomic E-state index is 0.0152. The van der Waals surface area contributed by atoms with E-state index in [0.717, 1.165) is 22.8 Å². The van der Waals surface area contributed by atoms with Crippen LogP contribution in [0, 0.1) is 0 Å². The highest BCUT2D eigenvalue weighted by Crippen LogP contribution is 2.19. The monoisotopic (exact) mass is 271 g/mol. The molecular formula is C17H21NO2. The summed E-state index contributed by atoms with van der Waals surface area (Å²) in [4.78, 5) is 14.1. The summed E-state index contributed by atoms with van der Waals surface area (Å²) < 4.78 is 0. The van der Waals surface area contributed by atoms with Gasteiger partial charge < -0.3 is 10.0 Å². The molecule has 2 aromatic rings. The van der Waals surface area contributed by atoms with Crippen LogP contribution in [0.4, 0.5) is 0 Å². The van der Waals surface area contributed by atoms with E-state index in [1.807, 2.05) is 37.3 Å². The van der Waals surface area contributed by atoms with E-state index in [4.69, 9.17) is 5.11 Å². The van der Waals surface area contributed by atoms with E-state index in [2.05, 4.69) is 12.1 Å². The Kier molecular flexibility index (Phi) is 5.13. The number of benzene rings is 2. The van der Waals surface area contributed by atoms with E-state index < -0.39 is 0 Å². The van der Waals surface area contributed by atoms with E-state index in [9.17, 15) is 4.79 Å². The Balaban J connectivity index is 2.20. The van der Waals surface area contributed by atoms with Crippen molar-refractivity contribution in [2.45, 2.75) is 19.8 Å². The molecule has 0 fully saturated rings. The summed E-state index contributed by atoms with van der Waals surface area (Å²) in [5.74, 6) is 0.0808. The maximum absolute atomic E-state index is 12.4. The highest BCUT2D eigenvalue weighted by molar-refractivity contribution is 5.90. The molecule has 0 heterocycles. The first-order chi connectivity index (χ1) is 9.76. The summed E-state index contributed by atoms with van der Waals surface area (Å²) in [7, 11) is 0. The molecule has 1 N–H and O–H groups in total. The van der Waals surface area contributed by atoms with Crippen LogP contribution in [0.3, 0.4) is 0 Å². The second-order valence-electron chi connectivity index (χ2n) is 4.92. The van der Waals surface area contributed by atoms with Crippen LogP contribution in [0.5, 0.6) is 0 Å². The Morgan fingerprint density at radius 2 is 1.85 bits per heavy atom. The molecule has 2 rings (SSSR count). The van der Waals surface area contributed by atoms with Gasteiger partial charge in [-0.15, -0.1) is 0 Å². The zero-order valence-corrected chi connectivity index (χ0v) is 11.9. The van der Waals surface area contributed by atoms with Gasteiger partial charge in [0.15, 0.2) is 0 Å². The summed E-state index contributed by atoms with van der Waals surface area (Å²) in [5.41, 5.74) is 1.05. The number of fused-ring (bicyclic) bond motifs is 1. The van der Waals surface area contributed by atoms with Crippen molar-refractivity contribution < 1.29 is 9.90 Å². The molecule has 0 aliphatic heterocycles. The van der Waals surface area contributed by atoms with Crippen LogP contribution in [-0.4, -0.2) is 35.6 Å². The lowest BCUT2D eigenvalue weighted by atomic mass is 10.0. The minimum absolute atomic E-state index is 0.0152. The molecule has 0 aliphatic rings. The van der Waals surface area contributed by atoms with E-state index in [1.54, 1.807) is 4.90 Å². The molecule has 20 heavy (non-hydrogen) atoms. The number of aliphatic hydroxyl groups is 1. The molecule has 0 saturated carbocycles. The maximum atomic E-state index is 12.4. The van der Waals surface area contributed by atoms with Gasteiger partial charge in [0, 0.05) is 13.1 Å². The standard InChI is InChI=1S/C17H21NO2/c1-2-10-18(11-12-19)17(20)13-15-8-5-7-14-6-3-4-9-16(14)15/h3-9,19H,2,10-13H2,1H3. The zero-order valence-electron chi connectivity index (χ0n) is 11.9. The van der Waals surface area contributed by atoms with Crippen molar-refractivity contribution in [3.8, 4) is 0 Å². The van der Waals surface area contributed by atoms with Crippen LogP contribution < -0.4 is 0 Å². The number of carbonyl (C=O) groups is 1. The molecule has 0 radical (unpaired) electrons. The normalized spacial score (nSPS) is 10.7. The van der Waals surface area contributed by atoms with E-state index >= 15 is 0 Å². The second-order valence-corrected chi connectivity index (χ2v) is 4.92. The van der Waals surface area contributed by atoms with Gasteiger partial charge >= 0.3 is 0 Å². The smallest absolute Gasteiger partial charge is 0.227 e. The van der Waals surface area contributed by atoms with Gasteiger partial charge in [0.1, 0.15) is 0 Å².